The van der Waals surface area contributed by atoms with Crippen LogP contribution in [0.2, 0.25) is 0 Å². The van der Waals surface area contributed by atoms with Gasteiger partial charge in [0, 0.05) is 47.0 Å². The molecule has 3 fully saturated rings. The zero-order valence-electron chi connectivity index (χ0n) is 34.1. The molecule has 9 atom stereocenters. The van der Waals surface area contributed by atoms with Gasteiger partial charge in [-0.25, -0.2) is 0 Å². The molecular weight excluding hydrogens is 719 g/mol. The number of aliphatic hydroxyl groups is 3. The minimum absolute atomic E-state index is 0.0403. The highest BCUT2D eigenvalue weighted by molar-refractivity contribution is 6.10. The van der Waals surface area contributed by atoms with Crippen molar-refractivity contribution in [2.75, 3.05) is 19.7 Å². The van der Waals surface area contributed by atoms with E-state index in [0.29, 0.717) is 44.6 Å². The van der Waals surface area contributed by atoms with Crippen molar-refractivity contribution in [2.24, 2.45) is 33.5 Å². The van der Waals surface area contributed by atoms with Crippen LogP contribution in [0, 0.1) is 33.5 Å². The first-order chi connectivity index (χ1) is 28.0. The van der Waals surface area contributed by atoms with E-state index in [1.54, 1.807) is 0 Å². The average molecular weight is 778 g/mol. The summed E-state index contributed by atoms with van der Waals surface area (Å²) in [5.41, 5.74) is 3.37. The number of allylic oxidation sites excluding steroid dienone is 4. The Morgan fingerprint density at radius 3 is 2.07 bits per heavy atom. The zero-order valence-corrected chi connectivity index (χ0v) is 34.1. The summed E-state index contributed by atoms with van der Waals surface area (Å²) in [6, 6.07) is 38.7. The monoisotopic (exact) mass is 777 g/mol. The topological polar surface area (TPSA) is 90.2 Å². The van der Waals surface area contributed by atoms with Gasteiger partial charge in [0.15, 0.2) is 5.78 Å². The van der Waals surface area contributed by atoms with Crippen LogP contribution in [-0.4, -0.2) is 63.5 Å². The maximum atomic E-state index is 15.2. The Balaban J connectivity index is 1.04. The lowest BCUT2D eigenvalue weighted by Gasteiger charge is -2.71. The number of hydrogen-bond donors (Lipinski definition) is 3. The molecule has 6 heteroatoms. The first kappa shape index (κ1) is 39.3. The van der Waals surface area contributed by atoms with Gasteiger partial charge in [-0.2, -0.15) is 0 Å². The fourth-order valence-electron chi connectivity index (χ4n) is 12.8. The van der Waals surface area contributed by atoms with E-state index in [9.17, 15) is 15.3 Å². The lowest BCUT2D eigenvalue weighted by molar-refractivity contribution is -0.177. The van der Waals surface area contributed by atoms with E-state index in [0.717, 1.165) is 59.9 Å². The first-order valence-electron chi connectivity index (χ1n) is 21.6. The van der Waals surface area contributed by atoms with E-state index >= 15 is 4.79 Å². The summed E-state index contributed by atoms with van der Waals surface area (Å²) in [6.07, 6.45) is 11.4. The van der Waals surface area contributed by atoms with Crippen molar-refractivity contribution in [3.05, 3.63) is 156 Å². The SMILES string of the molecule is C[C@]12CC[C@H]3[C@]4(C=C[C@@]5(C=C4C(=O)c4ccc(-c6ccccc6)cc4)CC(O)CC[C@]35C)[C@@H]1CC[C@@]2(O)CN(Cc1ccccc1)C[C@@H](O)COCc1ccccc1. The van der Waals surface area contributed by atoms with Gasteiger partial charge in [-0.15, -0.1) is 0 Å². The summed E-state index contributed by atoms with van der Waals surface area (Å²) < 4.78 is 5.98. The van der Waals surface area contributed by atoms with E-state index in [1.807, 2.05) is 78.9 Å². The number of aliphatic hydroxyl groups excluding tert-OH is 2. The van der Waals surface area contributed by atoms with Gasteiger partial charge in [0.2, 0.25) is 0 Å². The number of carbonyl (C=O) groups is 1. The molecule has 58 heavy (non-hydrogen) atoms. The second-order valence-electron chi connectivity index (χ2n) is 18.9. The van der Waals surface area contributed by atoms with Crippen molar-refractivity contribution in [1.29, 1.82) is 0 Å². The molecule has 10 rings (SSSR count). The van der Waals surface area contributed by atoms with Crippen LogP contribution >= 0.6 is 0 Å². The van der Waals surface area contributed by atoms with Crippen molar-refractivity contribution in [3.63, 3.8) is 0 Å². The quantitative estimate of drug-likeness (QED) is 0.0927. The van der Waals surface area contributed by atoms with Gasteiger partial charge in [0.1, 0.15) is 0 Å². The van der Waals surface area contributed by atoms with Crippen LogP contribution in [0.3, 0.4) is 0 Å². The second kappa shape index (κ2) is 15.1. The molecule has 0 saturated heterocycles. The van der Waals surface area contributed by atoms with E-state index in [2.05, 4.69) is 73.4 Å². The van der Waals surface area contributed by atoms with Crippen molar-refractivity contribution in [2.45, 2.75) is 89.8 Å². The van der Waals surface area contributed by atoms with Crippen LogP contribution in [0.25, 0.3) is 11.1 Å². The molecule has 6 nitrogen and oxygen atoms in total. The van der Waals surface area contributed by atoms with E-state index in [1.165, 1.54) is 0 Å². The Bertz CT molecular complexity index is 2150. The summed E-state index contributed by atoms with van der Waals surface area (Å²) in [6.45, 7) is 6.74. The number of ether oxygens (including phenoxy) is 1. The zero-order chi connectivity index (χ0) is 40.2. The van der Waals surface area contributed by atoms with Gasteiger partial charge in [-0.3, -0.25) is 9.69 Å². The van der Waals surface area contributed by atoms with Crippen LogP contribution in [0.4, 0.5) is 0 Å². The first-order valence-corrected chi connectivity index (χ1v) is 21.6. The van der Waals surface area contributed by atoms with Gasteiger partial charge in [0.25, 0.3) is 0 Å². The highest BCUT2D eigenvalue weighted by Crippen LogP contribution is 2.78. The number of hydrogen-bond acceptors (Lipinski definition) is 6. The molecule has 0 aromatic heterocycles. The van der Waals surface area contributed by atoms with Gasteiger partial charge in [0.05, 0.1) is 31.0 Å². The molecule has 3 saturated carbocycles. The van der Waals surface area contributed by atoms with Gasteiger partial charge < -0.3 is 20.1 Å². The number of ketones is 1. The molecule has 2 spiro atoms. The summed E-state index contributed by atoms with van der Waals surface area (Å²) in [7, 11) is 0. The number of rotatable bonds is 13. The number of carbonyl (C=O) groups excluding carboxylic acids is 1. The normalized spacial score (nSPS) is 33.9. The third kappa shape index (κ3) is 6.47. The summed E-state index contributed by atoms with van der Waals surface area (Å²) in [5, 5.41) is 35.8. The summed E-state index contributed by atoms with van der Waals surface area (Å²) in [4.78, 5) is 17.4. The predicted octanol–water partition coefficient (Wildman–Crippen LogP) is 9.21. The molecule has 4 aromatic rings. The fourth-order valence-corrected chi connectivity index (χ4v) is 12.8. The second-order valence-corrected chi connectivity index (χ2v) is 18.9. The van der Waals surface area contributed by atoms with Crippen LogP contribution in [-0.2, 0) is 17.9 Å². The minimum atomic E-state index is -1.05. The smallest absolute Gasteiger partial charge is 0.189 e. The molecule has 0 radical (unpaired) electrons. The lowest BCUT2D eigenvalue weighted by atomic mass is 9.32. The molecule has 3 N–H and O–H groups in total. The van der Waals surface area contributed by atoms with Crippen molar-refractivity contribution < 1.29 is 24.9 Å². The Kier molecular flexibility index (Phi) is 10.3. The standard InChI is InChI=1S/C52H59NO5/c1-48-25-22-42(54)30-50(48)28-29-52(44(31-50)47(56)41-20-18-40(19-21-41)39-16-10-5-11-17-39)45(48)23-26-49(2)46(52)24-27-51(49,57)36-53(32-37-12-6-3-7-13-37)33-43(55)35-58-34-38-14-8-4-9-15-38/h3-21,28-29,31,42-43,45-46,54-55,57H,22-27,30,32-36H2,1-2H3/t42?,43-,45-,46-,48-,49+,50+,51-,52-/m1/s1. The van der Waals surface area contributed by atoms with Crippen molar-refractivity contribution in [3.8, 4) is 11.1 Å². The van der Waals surface area contributed by atoms with Gasteiger partial charge in [-0.1, -0.05) is 147 Å². The molecule has 4 aromatic carbocycles. The number of nitrogens with zero attached hydrogens (tertiary/aromatic N) is 1. The Morgan fingerprint density at radius 2 is 1.36 bits per heavy atom. The van der Waals surface area contributed by atoms with Crippen LogP contribution in [0.15, 0.2) is 139 Å². The number of benzene rings is 4. The number of fused-ring (bicyclic) bond motifs is 1. The molecule has 0 amide bonds. The third-order valence-electron chi connectivity index (χ3n) is 15.8. The van der Waals surface area contributed by atoms with Crippen LogP contribution in [0.1, 0.15) is 80.3 Å². The maximum Gasteiger partial charge on any atom is 0.189 e. The number of Topliss-reactive ketones (excluding diaryl/α,β-unsaturated/α-hetero) is 1. The average Bonchev–Trinajstić information content (AvgIpc) is 3.51. The van der Waals surface area contributed by atoms with Crippen LogP contribution < -0.4 is 0 Å². The summed E-state index contributed by atoms with van der Waals surface area (Å²) in [5.74, 6) is 0.326. The fraction of sp³-hybridized carbons (Fsp3) is 0.442. The maximum absolute atomic E-state index is 15.2. The summed E-state index contributed by atoms with van der Waals surface area (Å²) >= 11 is 0. The molecule has 0 aliphatic heterocycles. The Hall–Kier alpha value is -4.17. The predicted molar refractivity (Wildman–Crippen MR) is 229 cm³/mol. The molecule has 1 unspecified atom stereocenters. The highest BCUT2D eigenvalue weighted by atomic mass is 16.5. The largest absolute Gasteiger partial charge is 0.393 e. The van der Waals surface area contributed by atoms with E-state index in [-0.39, 0.29) is 35.1 Å². The third-order valence-corrected chi connectivity index (χ3v) is 15.8. The Labute approximate surface area is 344 Å². The molecule has 0 heterocycles. The molecule has 6 aliphatic carbocycles. The highest BCUT2D eigenvalue weighted by Gasteiger charge is 2.74. The molecular formula is C52H59NO5. The molecule has 302 valence electrons. The molecule has 2 bridgehead atoms. The Morgan fingerprint density at radius 1 is 0.759 bits per heavy atom. The van der Waals surface area contributed by atoms with Crippen molar-refractivity contribution in [1.82, 2.24) is 4.90 Å². The van der Waals surface area contributed by atoms with Gasteiger partial charge >= 0.3 is 0 Å². The van der Waals surface area contributed by atoms with E-state index in [4.69, 9.17) is 4.74 Å². The van der Waals surface area contributed by atoms with Gasteiger partial charge in [-0.05, 0) is 84.5 Å². The molecule has 6 aliphatic rings. The van der Waals surface area contributed by atoms with Crippen LogP contribution in [0.5, 0.6) is 0 Å². The van der Waals surface area contributed by atoms with E-state index < -0.39 is 28.6 Å². The minimum Gasteiger partial charge on any atom is -0.393 e. The lowest BCUT2D eigenvalue weighted by Crippen LogP contribution is -2.67. The van der Waals surface area contributed by atoms with Crippen molar-refractivity contribution >= 4 is 5.78 Å².